The molecule has 0 fully saturated rings. The van der Waals surface area contributed by atoms with Gasteiger partial charge in [-0.1, -0.05) is 58.4 Å². The van der Waals surface area contributed by atoms with Crippen LogP contribution in [0.4, 0.5) is 0 Å². The molecule has 1 N–H and O–H groups in total. The van der Waals surface area contributed by atoms with Crippen molar-refractivity contribution in [2.75, 3.05) is 0 Å². The van der Waals surface area contributed by atoms with Crippen molar-refractivity contribution < 1.29 is 5.11 Å². The molecule has 0 aromatic heterocycles. The number of allylic oxidation sites excluding steroid dienone is 2. The third kappa shape index (κ3) is 9.74. The van der Waals surface area contributed by atoms with Crippen molar-refractivity contribution in [2.24, 2.45) is 5.41 Å². The highest BCUT2D eigenvalue weighted by Crippen LogP contribution is 2.24. The molecule has 0 radical (unpaired) electrons. The molecule has 0 rings (SSSR count). The van der Waals surface area contributed by atoms with E-state index in [0.29, 0.717) is 5.41 Å². The molecule has 0 aliphatic heterocycles. The van der Waals surface area contributed by atoms with Crippen LogP contribution in [0.3, 0.4) is 0 Å². The van der Waals surface area contributed by atoms with Crippen LogP contribution in [0.15, 0.2) is 24.3 Å². The molecule has 0 heterocycles. The standard InChI is InChI=1S/C14H26O/c1-6-8-13(15)10-7-9-12(2)11-14(3,4)5/h7,10,13,15H,2,6,8-9,11H2,1,3-5H3/b10-7+. The van der Waals surface area contributed by atoms with Crippen LogP contribution in [-0.2, 0) is 0 Å². The number of aliphatic hydroxyl groups is 1. The number of aliphatic hydroxyl groups excluding tert-OH is 1. The molecule has 0 saturated carbocycles. The molecule has 1 heteroatoms. The lowest BCUT2D eigenvalue weighted by molar-refractivity contribution is 0.211. The first-order chi connectivity index (χ1) is 6.85. The van der Waals surface area contributed by atoms with Gasteiger partial charge in [-0.25, -0.2) is 0 Å². The summed E-state index contributed by atoms with van der Waals surface area (Å²) in [5.41, 5.74) is 1.55. The zero-order valence-corrected chi connectivity index (χ0v) is 10.7. The Morgan fingerprint density at radius 1 is 1.40 bits per heavy atom. The van der Waals surface area contributed by atoms with E-state index in [1.54, 1.807) is 0 Å². The third-order valence-corrected chi connectivity index (χ3v) is 2.13. The molecule has 1 nitrogen and oxygen atoms in total. The van der Waals surface area contributed by atoms with E-state index in [1.807, 2.05) is 12.2 Å². The van der Waals surface area contributed by atoms with E-state index in [4.69, 9.17) is 0 Å². The van der Waals surface area contributed by atoms with E-state index in [2.05, 4.69) is 34.3 Å². The van der Waals surface area contributed by atoms with Crippen LogP contribution in [0, 0.1) is 5.41 Å². The normalized spacial score (nSPS) is 14.5. The number of hydrogen-bond acceptors (Lipinski definition) is 1. The summed E-state index contributed by atoms with van der Waals surface area (Å²) in [4.78, 5) is 0. The monoisotopic (exact) mass is 210 g/mol. The van der Waals surface area contributed by atoms with Gasteiger partial charge in [0, 0.05) is 0 Å². The maximum atomic E-state index is 9.48. The topological polar surface area (TPSA) is 20.2 Å². The molecule has 1 unspecified atom stereocenters. The van der Waals surface area contributed by atoms with Gasteiger partial charge in [0.15, 0.2) is 0 Å². The molecule has 0 aromatic carbocycles. The fourth-order valence-corrected chi connectivity index (χ4v) is 1.61. The third-order valence-electron chi connectivity index (χ3n) is 2.13. The van der Waals surface area contributed by atoms with E-state index in [0.717, 1.165) is 25.7 Å². The lowest BCUT2D eigenvalue weighted by Crippen LogP contribution is -2.05. The largest absolute Gasteiger partial charge is 0.389 e. The quantitative estimate of drug-likeness (QED) is 0.655. The summed E-state index contributed by atoms with van der Waals surface area (Å²) in [7, 11) is 0. The van der Waals surface area contributed by atoms with Gasteiger partial charge in [-0.15, -0.1) is 0 Å². The average Bonchev–Trinajstić information content (AvgIpc) is 2.00. The molecule has 88 valence electrons. The van der Waals surface area contributed by atoms with Crippen molar-refractivity contribution >= 4 is 0 Å². The molecule has 0 aliphatic carbocycles. The SMILES string of the molecule is C=C(C/C=C/C(O)CCC)CC(C)(C)C. The maximum absolute atomic E-state index is 9.48. The highest BCUT2D eigenvalue weighted by molar-refractivity contribution is 5.05. The first-order valence-corrected chi connectivity index (χ1v) is 5.86. The van der Waals surface area contributed by atoms with Crippen molar-refractivity contribution in [2.45, 2.75) is 59.5 Å². The fourth-order valence-electron chi connectivity index (χ4n) is 1.61. The van der Waals surface area contributed by atoms with Gasteiger partial charge in [-0.2, -0.15) is 0 Å². The van der Waals surface area contributed by atoms with E-state index in [9.17, 15) is 5.11 Å². The van der Waals surface area contributed by atoms with Gasteiger partial charge >= 0.3 is 0 Å². The van der Waals surface area contributed by atoms with Crippen molar-refractivity contribution in [1.82, 2.24) is 0 Å². The van der Waals surface area contributed by atoms with Crippen molar-refractivity contribution in [1.29, 1.82) is 0 Å². The van der Waals surface area contributed by atoms with Crippen LogP contribution < -0.4 is 0 Å². The van der Waals surface area contributed by atoms with Crippen LogP contribution in [0.1, 0.15) is 53.4 Å². The summed E-state index contributed by atoms with van der Waals surface area (Å²) in [5.74, 6) is 0. The Morgan fingerprint density at radius 2 is 2.00 bits per heavy atom. The molecule has 15 heavy (non-hydrogen) atoms. The number of hydrogen-bond donors (Lipinski definition) is 1. The Morgan fingerprint density at radius 3 is 2.47 bits per heavy atom. The first kappa shape index (κ1) is 14.4. The minimum absolute atomic E-state index is 0.280. The van der Waals surface area contributed by atoms with E-state index >= 15 is 0 Å². The zero-order chi connectivity index (χ0) is 11.9. The molecule has 0 aliphatic rings. The van der Waals surface area contributed by atoms with Gasteiger partial charge in [0.25, 0.3) is 0 Å². The lowest BCUT2D eigenvalue weighted by Gasteiger charge is -2.18. The maximum Gasteiger partial charge on any atom is 0.0720 e. The highest BCUT2D eigenvalue weighted by atomic mass is 16.3. The molecule has 0 amide bonds. The summed E-state index contributed by atoms with van der Waals surface area (Å²) < 4.78 is 0. The summed E-state index contributed by atoms with van der Waals surface area (Å²) in [5, 5.41) is 9.48. The second-order valence-corrected chi connectivity index (χ2v) is 5.48. The Balaban J connectivity index is 3.80. The fraction of sp³-hybridized carbons (Fsp3) is 0.714. The minimum Gasteiger partial charge on any atom is -0.389 e. The van der Waals surface area contributed by atoms with Crippen LogP contribution in [0.25, 0.3) is 0 Å². The summed E-state index contributed by atoms with van der Waals surface area (Å²) in [6.07, 6.45) is 7.44. The van der Waals surface area contributed by atoms with Gasteiger partial charge in [0.1, 0.15) is 0 Å². The zero-order valence-electron chi connectivity index (χ0n) is 10.7. The van der Waals surface area contributed by atoms with Gasteiger partial charge in [-0.05, 0) is 24.7 Å². The summed E-state index contributed by atoms with van der Waals surface area (Å²) in [6, 6.07) is 0. The molecular formula is C14H26O. The molecule has 0 bridgehead atoms. The summed E-state index contributed by atoms with van der Waals surface area (Å²) in [6.45, 7) is 12.8. The average molecular weight is 210 g/mol. The van der Waals surface area contributed by atoms with Crippen molar-refractivity contribution in [3.63, 3.8) is 0 Å². The number of rotatable bonds is 6. The lowest BCUT2D eigenvalue weighted by atomic mass is 9.87. The van der Waals surface area contributed by atoms with Crippen LogP contribution in [0.5, 0.6) is 0 Å². The van der Waals surface area contributed by atoms with E-state index < -0.39 is 0 Å². The van der Waals surface area contributed by atoms with E-state index in [1.165, 1.54) is 5.57 Å². The Labute approximate surface area is 94.9 Å². The molecule has 1 atom stereocenters. The highest BCUT2D eigenvalue weighted by Gasteiger charge is 2.10. The predicted octanol–water partition coefficient (Wildman–Crippen LogP) is 4.09. The van der Waals surface area contributed by atoms with Crippen molar-refractivity contribution in [3.8, 4) is 0 Å². The molecule has 0 spiro atoms. The van der Waals surface area contributed by atoms with E-state index in [-0.39, 0.29) is 6.10 Å². The Hall–Kier alpha value is -0.560. The smallest absolute Gasteiger partial charge is 0.0720 e. The predicted molar refractivity (Wildman–Crippen MR) is 67.9 cm³/mol. The first-order valence-electron chi connectivity index (χ1n) is 5.86. The van der Waals surface area contributed by atoms with Crippen LogP contribution >= 0.6 is 0 Å². The van der Waals surface area contributed by atoms with Gasteiger partial charge in [0.05, 0.1) is 6.10 Å². The molecule has 0 saturated heterocycles. The Kier molecular flexibility index (Phi) is 6.58. The Bertz CT molecular complexity index is 208. The van der Waals surface area contributed by atoms with Gasteiger partial charge in [0.2, 0.25) is 0 Å². The second kappa shape index (κ2) is 6.84. The second-order valence-electron chi connectivity index (χ2n) is 5.48. The van der Waals surface area contributed by atoms with Gasteiger partial charge < -0.3 is 5.11 Å². The molecule has 0 aromatic rings. The molecular weight excluding hydrogens is 184 g/mol. The van der Waals surface area contributed by atoms with Crippen molar-refractivity contribution in [3.05, 3.63) is 24.3 Å². The van der Waals surface area contributed by atoms with Crippen LogP contribution in [-0.4, -0.2) is 11.2 Å². The minimum atomic E-state index is -0.280. The summed E-state index contributed by atoms with van der Waals surface area (Å²) >= 11 is 0. The van der Waals surface area contributed by atoms with Crippen LogP contribution in [0.2, 0.25) is 0 Å². The van der Waals surface area contributed by atoms with Gasteiger partial charge in [-0.3, -0.25) is 0 Å².